The standard InChI is InChI=1S/C18H13F3N4O/c1-10-4-2-3-5-12(10)24-15-9-22-14(8-23-15)18(26)25-13-7-6-11(19)16(20)17(13)21/h2-9H,1H3,(H,23,24)(H,25,26). The summed E-state index contributed by atoms with van der Waals surface area (Å²) in [6.45, 7) is 1.92. The Morgan fingerprint density at radius 3 is 2.38 bits per heavy atom. The van der Waals surface area contributed by atoms with Crippen molar-refractivity contribution in [2.75, 3.05) is 10.6 Å². The number of nitrogens with zero attached hydrogens (tertiary/aromatic N) is 2. The summed E-state index contributed by atoms with van der Waals surface area (Å²) >= 11 is 0. The van der Waals surface area contributed by atoms with Crippen LogP contribution in [0, 0.1) is 24.4 Å². The molecule has 0 aliphatic rings. The Labute approximate surface area is 146 Å². The molecule has 26 heavy (non-hydrogen) atoms. The number of aryl methyl sites for hydroxylation is 1. The predicted molar refractivity (Wildman–Crippen MR) is 90.8 cm³/mol. The van der Waals surface area contributed by atoms with Crippen molar-refractivity contribution in [2.24, 2.45) is 0 Å². The van der Waals surface area contributed by atoms with Crippen molar-refractivity contribution in [2.45, 2.75) is 6.92 Å². The van der Waals surface area contributed by atoms with Gasteiger partial charge in [0.05, 0.1) is 18.1 Å². The van der Waals surface area contributed by atoms with Gasteiger partial charge in [-0.15, -0.1) is 0 Å². The molecule has 3 aromatic rings. The highest BCUT2D eigenvalue weighted by Gasteiger charge is 2.16. The number of hydrogen-bond acceptors (Lipinski definition) is 4. The topological polar surface area (TPSA) is 66.9 Å². The van der Waals surface area contributed by atoms with Crippen molar-refractivity contribution < 1.29 is 18.0 Å². The van der Waals surface area contributed by atoms with E-state index in [1.54, 1.807) is 0 Å². The average Bonchev–Trinajstić information content (AvgIpc) is 2.64. The highest BCUT2D eigenvalue weighted by atomic mass is 19.2. The summed E-state index contributed by atoms with van der Waals surface area (Å²) in [5.74, 6) is -4.87. The smallest absolute Gasteiger partial charge is 0.275 e. The lowest BCUT2D eigenvalue weighted by atomic mass is 10.2. The Balaban J connectivity index is 1.73. The summed E-state index contributed by atoms with van der Waals surface area (Å²) in [5, 5.41) is 5.18. The lowest BCUT2D eigenvalue weighted by Crippen LogP contribution is -2.16. The average molecular weight is 358 g/mol. The maximum absolute atomic E-state index is 13.6. The van der Waals surface area contributed by atoms with Crippen molar-refractivity contribution in [1.29, 1.82) is 0 Å². The Morgan fingerprint density at radius 2 is 1.69 bits per heavy atom. The van der Waals surface area contributed by atoms with Crippen molar-refractivity contribution in [3.05, 3.63) is 77.5 Å². The van der Waals surface area contributed by atoms with Gasteiger partial charge in [0.1, 0.15) is 11.5 Å². The molecule has 3 rings (SSSR count). The minimum atomic E-state index is -1.66. The van der Waals surface area contributed by atoms with Gasteiger partial charge >= 0.3 is 0 Å². The summed E-state index contributed by atoms with van der Waals surface area (Å²) < 4.78 is 39.7. The quantitative estimate of drug-likeness (QED) is 0.686. The third-order valence-corrected chi connectivity index (χ3v) is 3.58. The van der Waals surface area contributed by atoms with Gasteiger partial charge in [-0.3, -0.25) is 4.79 Å². The maximum atomic E-state index is 13.6. The highest BCUT2D eigenvalue weighted by Crippen LogP contribution is 2.21. The summed E-state index contributed by atoms with van der Waals surface area (Å²) in [4.78, 5) is 20.1. The monoisotopic (exact) mass is 358 g/mol. The lowest BCUT2D eigenvalue weighted by Gasteiger charge is -2.09. The van der Waals surface area contributed by atoms with E-state index in [1.165, 1.54) is 12.4 Å². The first-order valence-corrected chi connectivity index (χ1v) is 7.55. The number of carbonyl (C=O) groups is 1. The van der Waals surface area contributed by atoms with Crippen molar-refractivity contribution in [1.82, 2.24) is 9.97 Å². The van der Waals surface area contributed by atoms with Crippen LogP contribution >= 0.6 is 0 Å². The summed E-state index contributed by atoms with van der Waals surface area (Å²) in [6.07, 6.45) is 2.52. The van der Waals surface area contributed by atoms with E-state index in [0.717, 1.165) is 23.4 Å². The largest absolute Gasteiger partial charge is 0.339 e. The SMILES string of the molecule is Cc1ccccc1Nc1cnc(C(=O)Nc2ccc(F)c(F)c2F)cn1. The Hall–Kier alpha value is -3.42. The molecule has 1 heterocycles. The fourth-order valence-corrected chi connectivity index (χ4v) is 2.17. The molecule has 1 aromatic heterocycles. The number of para-hydroxylation sites is 1. The Bertz CT molecular complexity index is 961. The number of anilines is 3. The van der Waals surface area contributed by atoms with E-state index >= 15 is 0 Å². The molecule has 0 radical (unpaired) electrons. The van der Waals surface area contributed by atoms with Gasteiger partial charge in [-0.25, -0.2) is 23.1 Å². The third-order valence-electron chi connectivity index (χ3n) is 3.58. The van der Waals surface area contributed by atoms with Crippen molar-refractivity contribution in [3.63, 3.8) is 0 Å². The third kappa shape index (κ3) is 3.64. The van der Waals surface area contributed by atoms with Crippen molar-refractivity contribution >= 4 is 23.1 Å². The second kappa shape index (κ2) is 7.22. The van der Waals surface area contributed by atoms with Gasteiger partial charge < -0.3 is 10.6 Å². The van der Waals surface area contributed by atoms with E-state index in [2.05, 4.69) is 20.6 Å². The second-order valence-electron chi connectivity index (χ2n) is 5.40. The Morgan fingerprint density at radius 1 is 0.923 bits per heavy atom. The van der Waals surface area contributed by atoms with Crippen LogP contribution < -0.4 is 10.6 Å². The highest BCUT2D eigenvalue weighted by molar-refractivity contribution is 6.02. The molecule has 0 fully saturated rings. The molecule has 0 bridgehead atoms. The van der Waals surface area contributed by atoms with Crippen LogP contribution in [0.3, 0.4) is 0 Å². The van der Waals surface area contributed by atoms with Crippen LogP contribution in [0.5, 0.6) is 0 Å². The van der Waals surface area contributed by atoms with E-state index in [4.69, 9.17) is 0 Å². The molecule has 0 atom stereocenters. The van der Waals surface area contributed by atoms with Crippen LogP contribution in [0.15, 0.2) is 48.8 Å². The zero-order valence-electron chi connectivity index (χ0n) is 13.6. The van der Waals surface area contributed by atoms with E-state index < -0.39 is 29.0 Å². The van der Waals surface area contributed by atoms with Gasteiger partial charge in [0.15, 0.2) is 17.5 Å². The van der Waals surface area contributed by atoms with Crippen LogP contribution in [-0.2, 0) is 0 Å². The number of aromatic nitrogens is 2. The zero-order chi connectivity index (χ0) is 18.7. The van der Waals surface area contributed by atoms with Gasteiger partial charge in [0, 0.05) is 5.69 Å². The number of halogens is 3. The summed E-state index contributed by atoms with van der Waals surface area (Å²) in [6, 6.07) is 9.19. The second-order valence-corrected chi connectivity index (χ2v) is 5.40. The van der Waals surface area contributed by atoms with Crippen LogP contribution in [0.4, 0.5) is 30.4 Å². The van der Waals surface area contributed by atoms with Crippen LogP contribution in [-0.4, -0.2) is 15.9 Å². The predicted octanol–water partition coefficient (Wildman–Crippen LogP) is 4.20. The summed E-state index contributed by atoms with van der Waals surface area (Å²) in [5.41, 5.74) is 1.25. The van der Waals surface area contributed by atoms with Crippen molar-refractivity contribution in [3.8, 4) is 0 Å². The van der Waals surface area contributed by atoms with Gasteiger partial charge in [-0.05, 0) is 30.7 Å². The van der Waals surface area contributed by atoms with Gasteiger partial charge in [0.25, 0.3) is 5.91 Å². The molecule has 0 unspecified atom stereocenters. The lowest BCUT2D eigenvalue weighted by molar-refractivity contribution is 0.102. The number of benzene rings is 2. The number of nitrogens with one attached hydrogen (secondary N) is 2. The number of carbonyl (C=O) groups excluding carboxylic acids is 1. The van der Waals surface area contributed by atoms with Gasteiger partial charge in [-0.2, -0.15) is 0 Å². The van der Waals surface area contributed by atoms with E-state index in [0.29, 0.717) is 5.82 Å². The van der Waals surface area contributed by atoms with Crippen LogP contribution in [0.25, 0.3) is 0 Å². The number of hydrogen-bond donors (Lipinski definition) is 2. The minimum Gasteiger partial charge on any atom is -0.339 e. The minimum absolute atomic E-state index is 0.107. The molecule has 8 heteroatoms. The van der Waals surface area contributed by atoms with E-state index in [-0.39, 0.29) is 5.69 Å². The summed E-state index contributed by atoms with van der Waals surface area (Å²) in [7, 11) is 0. The molecule has 5 nitrogen and oxygen atoms in total. The normalized spacial score (nSPS) is 10.5. The first-order chi connectivity index (χ1) is 12.5. The Kier molecular flexibility index (Phi) is 4.83. The first kappa shape index (κ1) is 17.4. The molecule has 1 amide bonds. The van der Waals surface area contributed by atoms with Crippen LogP contribution in [0.2, 0.25) is 0 Å². The molecule has 132 valence electrons. The molecule has 0 spiro atoms. The molecule has 0 aliphatic carbocycles. The molecular formula is C18H13F3N4O. The molecular weight excluding hydrogens is 345 g/mol. The fourth-order valence-electron chi connectivity index (χ4n) is 2.17. The number of rotatable bonds is 4. The van der Waals surface area contributed by atoms with E-state index in [9.17, 15) is 18.0 Å². The molecule has 2 N–H and O–H groups in total. The number of amides is 1. The van der Waals surface area contributed by atoms with Gasteiger partial charge in [0.2, 0.25) is 0 Å². The van der Waals surface area contributed by atoms with E-state index in [1.807, 2.05) is 31.2 Å². The molecule has 2 aromatic carbocycles. The molecule has 0 saturated heterocycles. The zero-order valence-corrected chi connectivity index (χ0v) is 13.6. The first-order valence-electron chi connectivity index (χ1n) is 7.55. The molecule has 0 aliphatic heterocycles. The van der Waals surface area contributed by atoms with Crippen LogP contribution in [0.1, 0.15) is 16.1 Å². The maximum Gasteiger partial charge on any atom is 0.275 e. The van der Waals surface area contributed by atoms with Gasteiger partial charge in [-0.1, -0.05) is 18.2 Å². The molecule has 0 saturated carbocycles. The fraction of sp³-hybridized carbons (Fsp3) is 0.0556.